The molecule has 0 radical (unpaired) electrons. The first-order valence-corrected chi connectivity index (χ1v) is 7.69. The van der Waals surface area contributed by atoms with E-state index in [0.717, 1.165) is 0 Å². The summed E-state index contributed by atoms with van der Waals surface area (Å²) < 4.78 is 5.36. The molecule has 0 aliphatic carbocycles. The summed E-state index contributed by atoms with van der Waals surface area (Å²) in [5, 5.41) is 15.0. The minimum absolute atomic E-state index is 0.0739. The Labute approximate surface area is 139 Å². The van der Waals surface area contributed by atoms with Gasteiger partial charge in [-0.25, -0.2) is 4.79 Å². The molecule has 8 heteroatoms. The maximum Gasteiger partial charge on any atom is 0.315 e. The van der Waals surface area contributed by atoms with Gasteiger partial charge < -0.3 is 25.4 Å². The van der Waals surface area contributed by atoms with Gasteiger partial charge in [0.25, 0.3) is 5.91 Å². The fraction of sp³-hybridized carbons (Fsp3) is 0.467. The molecule has 1 fully saturated rings. The van der Waals surface area contributed by atoms with Crippen LogP contribution < -0.4 is 10.6 Å². The van der Waals surface area contributed by atoms with E-state index < -0.39 is 0 Å². The molecule has 0 spiro atoms. The fourth-order valence-electron chi connectivity index (χ4n) is 2.52. The van der Waals surface area contributed by atoms with Crippen LogP contribution in [0, 0.1) is 0 Å². The molecule has 1 heterocycles. The number of rotatable bonds is 4. The largest absolute Gasteiger partial charge is 0.506 e. The first-order valence-electron chi connectivity index (χ1n) is 7.31. The summed E-state index contributed by atoms with van der Waals surface area (Å²) >= 11 is 5.84. The summed E-state index contributed by atoms with van der Waals surface area (Å²) in [7, 11) is 1.54. The Morgan fingerprint density at radius 1 is 1.43 bits per heavy atom. The lowest BCUT2D eigenvalue weighted by Crippen LogP contribution is -2.48. The lowest BCUT2D eigenvalue weighted by atomic mass is 10.2. The van der Waals surface area contributed by atoms with Crippen molar-refractivity contribution < 1.29 is 19.4 Å². The van der Waals surface area contributed by atoms with Gasteiger partial charge in [0.05, 0.1) is 17.2 Å². The number of nitrogens with one attached hydrogen (secondary N) is 2. The zero-order valence-electron chi connectivity index (χ0n) is 13.0. The number of nitrogens with zero attached hydrogens (tertiary/aromatic N) is 1. The molecule has 2 atom stereocenters. The average Bonchev–Trinajstić information content (AvgIpc) is 2.92. The minimum Gasteiger partial charge on any atom is -0.506 e. The Balaban J connectivity index is 2.07. The molecule has 1 aliphatic heterocycles. The highest BCUT2D eigenvalue weighted by molar-refractivity contribution is 6.32. The Kier molecular flexibility index (Phi) is 5.68. The highest BCUT2D eigenvalue weighted by atomic mass is 35.5. The molecule has 2 rings (SSSR count). The average molecular weight is 342 g/mol. The lowest BCUT2D eigenvalue weighted by Gasteiger charge is -2.18. The summed E-state index contributed by atoms with van der Waals surface area (Å²) in [5.74, 6) is -0.302. The summed E-state index contributed by atoms with van der Waals surface area (Å²) in [6, 6.07) is 3.73. The topological polar surface area (TPSA) is 90.9 Å². The number of aromatic hydroxyl groups is 1. The predicted molar refractivity (Wildman–Crippen MR) is 85.8 cm³/mol. The molecule has 3 N–H and O–H groups in total. The number of amides is 3. The number of ether oxygens (including phenoxy) is 1. The summed E-state index contributed by atoms with van der Waals surface area (Å²) in [5.41, 5.74) is 0.376. The number of hydrogen-bond acceptors (Lipinski definition) is 4. The summed E-state index contributed by atoms with van der Waals surface area (Å²) in [6.45, 7) is 3.05. The van der Waals surface area contributed by atoms with Gasteiger partial charge in [0, 0.05) is 32.3 Å². The molecule has 1 aromatic carbocycles. The third kappa shape index (κ3) is 4.05. The SMILES string of the molecule is CCNC(=O)N[C@@H]1CN(C(=O)c2ccc(O)c(Cl)c2)C[C@@H]1OC. The van der Waals surface area contributed by atoms with E-state index in [9.17, 15) is 14.7 Å². The van der Waals surface area contributed by atoms with E-state index in [1.54, 1.807) is 12.0 Å². The molecule has 0 aromatic heterocycles. The number of carbonyl (C=O) groups is 2. The second-order valence-corrected chi connectivity index (χ2v) is 5.67. The Hall–Kier alpha value is -1.99. The van der Waals surface area contributed by atoms with Crippen molar-refractivity contribution in [2.24, 2.45) is 0 Å². The third-order valence-electron chi connectivity index (χ3n) is 3.70. The van der Waals surface area contributed by atoms with Gasteiger partial charge in [0.2, 0.25) is 0 Å². The van der Waals surface area contributed by atoms with Crippen molar-refractivity contribution >= 4 is 23.5 Å². The highest BCUT2D eigenvalue weighted by Crippen LogP contribution is 2.25. The van der Waals surface area contributed by atoms with Gasteiger partial charge in [-0.05, 0) is 25.1 Å². The smallest absolute Gasteiger partial charge is 0.315 e. The molecular weight excluding hydrogens is 322 g/mol. The van der Waals surface area contributed by atoms with Crippen LogP contribution in [0.25, 0.3) is 0 Å². The van der Waals surface area contributed by atoms with Crippen LogP contribution in [0.4, 0.5) is 4.79 Å². The van der Waals surface area contributed by atoms with E-state index in [-0.39, 0.29) is 34.9 Å². The van der Waals surface area contributed by atoms with E-state index in [1.165, 1.54) is 18.2 Å². The quantitative estimate of drug-likeness (QED) is 0.767. The molecule has 0 bridgehead atoms. The Morgan fingerprint density at radius 3 is 2.78 bits per heavy atom. The molecule has 7 nitrogen and oxygen atoms in total. The van der Waals surface area contributed by atoms with Crippen LogP contribution in [0.1, 0.15) is 17.3 Å². The maximum absolute atomic E-state index is 12.5. The maximum atomic E-state index is 12.5. The second-order valence-electron chi connectivity index (χ2n) is 5.26. The highest BCUT2D eigenvalue weighted by Gasteiger charge is 2.36. The van der Waals surface area contributed by atoms with Crippen LogP contribution in [-0.4, -0.2) is 60.8 Å². The van der Waals surface area contributed by atoms with Crippen LogP contribution in [0.5, 0.6) is 5.75 Å². The van der Waals surface area contributed by atoms with E-state index >= 15 is 0 Å². The molecule has 1 aliphatic rings. The van der Waals surface area contributed by atoms with Crippen molar-refractivity contribution in [3.8, 4) is 5.75 Å². The number of likely N-dealkylation sites (tertiary alicyclic amines) is 1. The molecule has 1 aromatic rings. The number of phenolic OH excluding ortho intramolecular Hbond substituents is 1. The number of methoxy groups -OCH3 is 1. The summed E-state index contributed by atoms with van der Waals surface area (Å²) in [6.07, 6.45) is -0.283. The zero-order valence-corrected chi connectivity index (χ0v) is 13.8. The predicted octanol–water partition coefficient (Wildman–Crippen LogP) is 1.20. The number of benzene rings is 1. The Morgan fingerprint density at radius 2 is 2.17 bits per heavy atom. The van der Waals surface area contributed by atoms with Crippen molar-refractivity contribution in [2.45, 2.75) is 19.1 Å². The van der Waals surface area contributed by atoms with Gasteiger partial charge in [-0.3, -0.25) is 4.79 Å². The van der Waals surface area contributed by atoms with Crippen molar-refractivity contribution in [2.75, 3.05) is 26.7 Å². The van der Waals surface area contributed by atoms with Gasteiger partial charge in [-0.2, -0.15) is 0 Å². The number of urea groups is 1. The fourth-order valence-corrected chi connectivity index (χ4v) is 2.70. The number of phenols is 1. The van der Waals surface area contributed by atoms with Gasteiger partial charge in [0.1, 0.15) is 5.75 Å². The van der Waals surface area contributed by atoms with Crippen LogP contribution in [0.3, 0.4) is 0 Å². The van der Waals surface area contributed by atoms with Gasteiger partial charge in [0.15, 0.2) is 0 Å². The van der Waals surface area contributed by atoms with Crippen LogP contribution in [0.2, 0.25) is 5.02 Å². The van der Waals surface area contributed by atoms with Crippen LogP contribution in [0.15, 0.2) is 18.2 Å². The first kappa shape index (κ1) is 17.4. The summed E-state index contributed by atoms with van der Waals surface area (Å²) in [4.78, 5) is 25.8. The van der Waals surface area contributed by atoms with E-state index in [0.29, 0.717) is 25.2 Å². The van der Waals surface area contributed by atoms with Crippen LogP contribution in [-0.2, 0) is 4.74 Å². The number of hydrogen-bond donors (Lipinski definition) is 3. The molecule has 0 unspecified atom stereocenters. The van der Waals surface area contributed by atoms with Crippen molar-refractivity contribution in [1.82, 2.24) is 15.5 Å². The molecule has 23 heavy (non-hydrogen) atoms. The molecule has 126 valence electrons. The molecule has 0 saturated carbocycles. The van der Waals surface area contributed by atoms with E-state index in [4.69, 9.17) is 16.3 Å². The van der Waals surface area contributed by atoms with E-state index in [1.807, 2.05) is 6.92 Å². The minimum atomic E-state index is -0.290. The number of carbonyl (C=O) groups excluding carboxylic acids is 2. The molecular formula is C15H20ClN3O4. The molecule has 1 saturated heterocycles. The Bertz CT molecular complexity index is 596. The monoisotopic (exact) mass is 341 g/mol. The van der Waals surface area contributed by atoms with Gasteiger partial charge >= 0.3 is 6.03 Å². The third-order valence-corrected chi connectivity index (χ3v) is 4.01. The zero-order chi connectivity index (χ0) is 17.0. The second kappa shape index (κ2) is 7.52. The van der Waals surface area contributed by atoms with Crippen LogP contribution >= 0.6 is 11.6 Å². The molecule has 3 amide bonds. The lowest BCUT2D eigenvalue weighted by molar-refractivity contribution is 0.0710. The van der Waals surface area contributed by atoms with E-state index in [2.05, 4.69) is 10.6 Å². The van der Waals surface area contributed by atoms with Gasteiger partial charge in [-0.15, -0.1) is 0 Å². The first-order chi connectivity index (χ1) is 11.0. The van der Waals surface area contributed by atoms with Crippen molar-refractivity contribution in [1.29, 1.82) is 0 Å². The van der Waals surface area contributed by atoms with Crippen molar-refractivity contribution in [3.05, 3.63) is 28.8 Å². The van der Waals surface area contributed by atoms with Crippen molar-refractivity contribution in [3.63, 3.8) is 0 Å². The van der Waals surface area contributed by atoms with Gasteiger partial charge in [-0.1, -0.05) is 11.6 Å². The normalized spacial score (nSPS) is 20.4. The number of halogens is 1. The standard InChI is InChI=1S/C15H20ClN3O4/c1-3-17-15(22)18-11-7-19(8-13(11)23-2)14(21)9-4-5-12(20)10(16)6-9/h4-6,11,13,20H,3,7-8H2,1-2H3,(H2,17,18,22)/t11-,13+/m1/s1.